The van der Waals surface area contributed by atoms with Gasteiger partial charge in [-0.2, -0.15) is 0 Å². The average Bonchev–Trinajstić information content (AvgIpc) is 2.94. The van der Waals surface area contributed by atoms with Gasteiger partial charge in [0.2, 0.25) is 5.91 Å². The molecule has 9 nitrogen and oxygen atoms in total. The molecule has 1 aliphatic heterocycles. The molecule has 0 spiro atoms. The maximum absolute atomic E-state index is 13.4. The molecule has 2 fully saturated rings. The summed E-state index contributed by atoms with van der Waals surface area (Å²) in [6.45, 7) is 12.9. The van der Waals surface area contributed by atoms with Crippen LogP contribution in [0.4, 0.5) is 4.79 Å². The first-order valence-corrected chi connectivity index (χ1v) is 15.7. The molecule has 236 valence electrons. The van der Waals surface area contributed by atoms with Crippen LogP contribution in [0.1, 0.15) is 98.2 Å². The number of amides is 2. The van der Waals surface area contributed by atoms with Crippen LogP contribution in [-0.2, 0) is 16.1 Å². The van der Waals surface area contributed by atoms with E-state index in [1.807, 2.05) is 70.7 Å². The molecule has 1 aromatic heterocycles. The van der Waals surface area contributed by atoms with E-state index in [9.17, 15) is 19.5 Å². The third kappa shape index (κ3) is 7.66. The van der Waals surface area contributed by atoms with Crippen molar-refractivity contribution in [3.05, 3.63) is 52.6 Å². The molecule has 3 N–H and O–H groups in total. The van der Waals surface area contributed by atoms with Crippen LogP contribution in [0.25, 0.3) is 11.3 Å². The number of likely N-dealkylation sites (tertiary alicyclic amines) is 1. The number of piperidine rings is 1. The van der Waals surface area contributed by atoms with E-state index in [1.165, 1.54) is 49.1 Å². The monoisotopic (exact) mass is 594 g/mol. The maximum atomic E-state index is 13.4. The molecule has 1 saturated carbocycles. The summed E-state index contributed by atoms with van der Waals surface area (Å²) in [5, 5.41) is 11.8. The highest BCUT2D eigenvalue weighted by molar-refractivity contribution is 5.78. The number of aliphatic hydroxyl groups is 1. The molecule has 0 bridgehead atoms. The van der Waals surface area contributed by atoms with Gasteiger partial charge in [-0.3, -0.25) is 14.2 Å². The lowest BCUT2D eigenvalue weighted by Gasteiger charge is -2.50. The predicted octanol–water partition coefficient (Wildman–Crippen LogP) is 5.69. The Balaban J connectivity index is 1.43. The molecule has 1 aromatic carbocycles. The number of nitrogens with zero attached hydrogens (tertiary/aromatic N) is 3. The van der Waals surface area contributed by atoms with E-state index < -0.39 is 23.2 Å². The second-order valence-electron chi connectivity index (χ2n) is 14.6. The van der Waals surface area contributed by atoms with Crippen molar-refractivity contribution in [3.63, 3.8) is 0 Å². The third-order valence-corrected chi connectivity index (χ3v) is 9.63. The number of rotatable bonds is 8. The van der Waals surface area contributed by atoms with Gasteiger partial charge in [-0.1, -0.05) is 97.9 Å². The van der Waals surface area contributed by atoms with E-state index in [1.54, 1.807) is 0 Å². The Morgan fingerprint density at radius 2 is 1.79 bits per heavy atom. The Hall–Kier alpha value is -3.20. The summed E-state index contributed by atoms with van der Waals surface area (Å²) >= 11 is 0. The lowest BCUT2D eigenvalue weighted by Crippen LogP contribution is -2.61. The molecule has 4 rings (SSSR count). The van der Waals surface area contributed by atoms with Crippen molar-refractivity contribution in [1.82, 2.24) is 14.5 Å². The zero-order valence-corrected chi connectivity index (χ0v) is 26.8. The fourth-order valence-corrected chi connectivity index (χ4v) is 6.85. The molecule has 2 amide bonds. The number of aromatic nitrogens is 2. The molecule has 3 atom stereocenters. The van der Waals surface area contributed by atoms with E-state index in [-0.39, 0.29) is 29.3 Å². The van der Waals surface area contributed by atoms with Crippen molar-refractivity contribution in [2.45, 2.75) is 105 Å². The van der Waals surface area contributed by atoms with Crippen LogP contribution in [0.15, 0.2) is 41.5 Å². The fraction of sp³-hybridized carbons (Fsp3) is 0.647. The van der Waals surface area contributed by atoms with Crippen LogP contribution in [0, 0.1) is 22.7 Å². The van der Waals surface area contributed by atoms with Crippen LogP contribution in [0.3, 0.4) is 0 Å². The van der Waals surface area contributed by atoms with Crippen LogP contribution in [0.5, 0.6) is 0 Å². The summed E-state index contributed by atoms with van der Waals surface area (Å²) in [7, 11) is 0. The first-order valence-electron chi connectivity index (χ1n) is 15.7. The summed E-state index contributed by atoms with van der Waals surface area (Å²) in [6.07, 6.45) is 7.74. The topological polar surface area (TPSA) is 128 Å². The summed E-state index contributed by atoms with van der Waals surface area (Å²) in [6, 6.07) is 8.83. The van der Waals surface area contributed by atoms with Crippen molar-refractivity contribution in [3.8, 4) is 11.3 Å². The van der Waals surface area contributed by atoms with Crippen LogP contribution in [-0.4, -0.2) is 50.2 Å². The Labute approximate surface area is 255 Å². The minimum Gasteiger partial charge on any atom is -0.441 e. The molecule has 2 aliphatic rings. The Morgan fingerprint density at radius 3 is 2.35 bits per heavy atom. The van der Waals surface area contributed by atoms with Gasteiger partial charge in [0.25, 0.3) is 5.56 Å². The number of hydrogen-bond acceptors (Lipinski definition) is 6. The van der Waals surface area contributed by atoms with E-state index in [0.717, 1.165) is 17.5 Å². The minimum absolute atomic E-state index is 0.0199. The zero-order valence-electron chi connectivity index (χ0n) is 26.8. The van der Waals surface area contributed by atoms with Crippen molar-refractivity contribution < 1.29 is 19.4 Å². The van der Waals surface area contributed by atoms with Gasteiger partial charge in [-0.25, -0.2) is 9.78 Å². The van der Waals surface area contributed by atoms with Crippen molar-refractivity contribution in [1.29, 1.82) is 0 Å². The van der Waals surface area contributed by atoms with Gasteiger partial charge in [0.05, 0.1) is 24.2 Å². The van der Waals surface area contributed by atoms with Crippen molar-refractivity contribution in [2.75, 3.05) is 13.1 Å². The van der Waals surface area contributed by atoms with E-state index in [4.69, 9.17) is 10.5 Å². The van der Waals surface area contributed by atoms with Gasteiger partial charge in [0.1, 0.15) is 6.10 Å². The van der Waals surface area contributed by atoms with E-state index in [0.29, 0.717) is 31.1 Å². The molecule has 43 heavy (non-hydrogen) atoms. The summed E-state index contributed by atoms with van der Waals surface area (Å²) in [4.78, 5) is 44.4. The molecular weight excluding hydrogens is 544 g/mol. The van der Waals surface area contributed by atoms with Gasteiger partial charge >= 0.3 is 6.09 Å². The molecule has 1 saturated heterocycles. The maximum Gasteiger partial charge on any atom is 0.405 e. The lowest BCUT2D eigenvalue weighted by atomic mass is 9.69. The second-order valence-corrected chi connectivity index (χ2v) is 14.6. The summed E-state index contributed by atoms with van der Waals surface area (Å²) < 4.78 is 6.82. The largest absolute Gasteiger partial charge is 0.441 e. The highest BCUT2D eigenvalue weighted by atomic mass is 16.6. The highest BCUT2D eigenvalue weighted by Crippen LogP contribution is 2.41. The molecule has 2 heterocycles. The first kappa shape index (κ1) is 32.7. The smallest absolute Gasteiger partial charge is 0.405 e. The molecular formula is C34H50N4O5. The van der Waals surface area contributed by atoms with Gasteiger partial charge in [0, 0.05) is 41.5 Å². The van der Waals surface area contributed by atoms with Crippen LogP contribution < -0.4 is 11.3 Å². The molecule has 3 unspecified atom stereocenters. The van der Waals surface area contributed by atoms with Crippen molar-refractivity contribution in [2.24, 2.45) is 28.4 Å². The lowest BCUT2D eigenvalue weighted by molar-refractivity contribution is -0.157. The second kappa shape index (κ2) is 12.8. The molecule has 2 aromatic rings. The SMILES string of the molecule is CC(CC1CCCCC1)C(=O)N1CCC(O)(Cn2cnc(-c3ccc(C(OC(N)=O)C(C)(C)C)cc3)cc2=O)C(C)(C)C1. The zero-order chi connectivity index (χ0) is 31.6. The molecule has 0 radical (unpaired) electrons. The van der Waals surface area contributed by atoms with Gasteiger partial charge < -0.3 is 20.5 Å². The number of ether oxygens (including phenoxy) is 1. The summed E-state index contributed by atoms with van der Waals surface area (Å²) in [5.74, 6) is 0.789. The Kier molecular flexibility index (Phi) is 9.74. The number of primary amides is 1. The average molecular weight is 595 g/mol. The van der Waals surface area contributed by atoms with Crippen LogP contribution in [0.2, 0.25) is 0 Å². The van der Waals surface area contributed by atoms with E-state index in [2.05, 4.69) is 4.98 Å². The molecule has 1 aliphatic carbocycles. The highest BCUT2D eigenvalue weighted by Gasteiger charge is 2.49. The number of carbonyl (C=O) groups excluding carboxylic acids is 2. The van der Waals surface area contributed by atoms with Crippen molar-refractivity contribution >= 4 is 12.0 Å². The fourth-order valence-electron chi connectivity index (χ4n) is 6.85. The minimum atomic E-state index is -1.17. The van der Waals surface area contributed by atoms with Gasteiger partial charge in [-0.05, 0) is 24.3 Å². The summed E-state index contributed by atoms with van der Waals surface area (Å²) in [5.41, 5.74) is 4.93. The van der Waals surface area contributed by atoms with E-state index >= 15 is 0 Å². The Morgan fingerprint density at radius 1 is 1.14 bits per heavy atom. The van der Waals surface area contributed by atoms with Gasteiger partial charge in [-0.15, -0.1) is 0 Å². The standard InChI is InChI=1S/C34H50N4O5/c1-23(18-24-10-8-7-9-11-24)30(40)37-17-16-34(42,33(5,6)20-37)21-38-22-36-27(19-28(38)39)25-12-14-26(15-13-25)29(32(2,3)4)43-31(35)41/h12-15,19,22-24,29,42H,7-11,16-18,20-21H2,1-6H3,(H2,35,41). The predicted molar refractivity (Wildman–Crippen MR) is 167 cm³/mol. The third-order valence-electron chi connectivity index (χ3n) is 9.63. The van der Waals surface area contributed by atoms with Gasteiger partial charge in [0.15, 0.2) is 0 Å². The first-order chi connectivity index (χ1) is 20.1. The number of hydrogen-bond donors (Lipinski definition) is 2. The number of carbonyl (C=O) groups is 2. The number of nitrogens with two attached hydrogens (primary N) is 1. The Bertz CT molecular complexity index is 1340. The van der Waals surface area contributed by atoms with Crippen LogP contribution >= 0.6 is 0 Å². The normalized spacial score (nSPS) is 22.5. The quantitative estimate of drug-likeness (QED) is 0.404. The molecule has 9 heteroatoms. The number of benzene rings is 1.